The normalized spacial score (nSPS) is 10.9. The molecule has 124 valence electrons. The average Bonchev–Trinajstić information content (AvgIpc) is 3.28. The van der Waals surface area contributed by atoms with E-state index in [0.29, 0.717) is 17.3 Å². The van der Waals surface area contributed by atoms with Crippen LogP contribution in [-0.2, 0) is 6.54 Å². The summed E-state index contributed by atoms with van der Waals surface area (Å²) in [4.78, 5) is 12.3. The van der Waals surface area contributed by atoms with Crippen molar-refractivity contribution in [1.29, 1.82) is 0 Å². The number of rotatable bonds is 4. The van der Waals surface area contributed by atoms with Crippen molar-refractivity contribution < 1.29 is 9.21 Å². The SMILES string of the molecule is O=C(NCc1ccc2nsnc2c1)c1ccc(-c2cccc(Cl)c2)o1. The molecule has 7 heteroatoms. The largest absolute Gasteiger partial charge is 0.451 e. The van der Waals surface area contributed by atoms with Crippen LogP contribution < -0.4 is 5.32 Å². The molecule has 2 aromatic heterocycles. The van der Waals surface area contributed by atoms with Gasteiger partial charge in [-0.1, -0.05) is 29.8 Å². The second-order valence-corrected chi connectivity index (χ2v) is 6.41. The molecule has 5 nitrogen and oxygen atoms in total. The van der Waals surface area contributed by atoms with Gasteiger partial charge in [-0.15, -0.1) is 0 Å². The smallest absolute Gasteiger partial charge is 0.287 e. The molecule has 0 aliphatic heterocycles. The van der Waals surface area contributed by atoms with Crippen LogP contribution in [0.3, 0.4) is 0 Å². The molecule has 4 aromatic rings. The molecule has 0 atom stereocenters. The number of furan rings is 1. The molecule has 0 aliphatic carbocycles. The highest BCUT2D eigenvalue weighted by Crippen LogP contribution is 2.24. The van der Waals surface area contributed by atoms with Crippen LogP contribution in [-0.4, -0.2) is 14.7 Å². The van der Waals surface area contributed by atoms with Crippen LogP contribution in [0.15, 0.2) is 59.0 Å². The minimum atomic E-state index is -0.273. The Kier molecular flexibility index (Phi) is 4.21. The molecular formula is C18H12ClN3O2S. The van der Waals surface area contributed by atoms with E-state index in [9.17, 15) is 4.79 Å². The number of nitrogens with one attached hydrogen (secondary N) is 1. The van der Waals surface area contributed by atoms with Gasteiger partial charge in [-0.05, 0) is 42.0 Å². The van der Waals surface area contributed by atoms with Crippen LogP contribution in [0.2, 0.25) is 5.02 Å². The second-order valence-electron chi connectivity index (χ2n) is 5.44. The molecule has 0 bridgehead atoms. The number of carbonyl (C=O) groups excluding carboxylic acids is 1. The van der Waals surface area contributed by atoms with E-state index in [-0.39, 0.29) is 11.7 Å². The Morgan fingerprint density at radius 3 is 2.84 bits per heavy atom. The summed E-state index contributed by atoms with van der Waals surface area (Å²) in [6.07, 6.45) is 0. The lowest BCUT2D eigenvalue weighted by Gasteiger charge is -2.03. The van der Waals surface area contributed by atoms with Crippen molar-refractivity contribution in [3.63, 3.8) is 0 Å². The lowest BCUT2D eigenvalue weighted by atomic mass is 10.2. The molecule has 25 heavy (non-hydrogen) atoms. The van der Waals surface area contributed by atoms with Crippen LogP contribution in [0.1, 0.15) is 16.1 Å². The third-order valence-electron chi connectivity index (χ3n) is 3.71. The van der Waals surface area contributed by atoms with Crippen LogP contribution in [0.4, 0.5) is 0 Å². The van der Waals surface area contributed by atoms with E-state index < -0.39 is 0 Å². The van der Waals surface area contributed by atoms with Gasteiger partial charge in [0.25, 0.3) is 5.91 Å². The van der Waals surface area contributed by atoms with E-state index in [2.05, 4.69) is 14.1 Å². The Morgan fingerprint density at radius 2 is 1.96 bits per heavy atom. The molecule has 0 saturated heterocycles. The van der Waals surface area contributed by atoms with Crippen molar-refractivity contribution in [3.8, 4) is 11.3 Å². The first-order valence-corrected chi connectivity index (χ1v) is 8.65. The van der Waals surface area contributed by atoms with Crippen molar-refractivity contribution in [2.45, 2.75) is 6.54 Å². The van der Waals surface area contributed by atoms with Gasteiger partial charge in [0.1, 0.15) is 16.8 Å². The topological polar surface area (TPSA) is 68.0 Å². The number of hydrogen-bond acceptors (Lipinski definition) is 5. The van der Waals surface area contributed by atoms with Gasteiger partial charge in [0, 0.05) is 17.1 Å². The fraction of sp³-hybridized carbons (Fsp3) is 0.0556. The Balaban J connectivity index is 1.46. The number of fused-ring (bicyclic) bond motifs is 1. The maximum Gasteiger partial charge on any atom is 0.287 e. The number of nitrogens with zero attached hydrogens (tertiary/aromatic N) is 2. The van der Waals surface area contributed by atoms with E-state index >= 15 is 0 Å². The molecule has 0 spiro atoms. The molecule has 1 N–H and O–H groups in total. The Labute approximate surface area is 152 Å². The summed E-state index contributed by atoms with van der Waals surface area (Å²) in [5.41, 5.74) is 3.47. The zero-order valence-electron chi connectivity index (χ0n) is 12.9. The van der Waals surface area contributed by atoms with Crippen molar-refractivity contribution in [2.75, 3.05) is 0 Å². The monoisotopic (exact) mass is 369 g/mol. The van der Waals surface area contributed by atoms with Gasteiger partial charge in [0.15, 0.2) is 5.76 Å². The van der Waals surface area contributed by atoms with Crippen molar-refractivity contribution in [3.05, 3.63) is 70.9 Å². The lowest BCUT2D eigenvalue weighted by molar-refractivity contribution is 0.0924. The number of benzene rings is 2. The summed E-state index contributed by atoms with van der Waals surface area (Å²) in [6, 6.07) is 16.4. The highest BCUT2D eigenvalue weighted by Gasteiger charge is 2.12. The first kappa shape index (κ1) is 15.8. The molecule has 2 aromatic carbocycles. The van der Waals surface area contributed by atoms with E-state index in [1.165, 1.54) is 11.7 Å². The van der Waals surface area contributed by atoms with Crippen LogP contribution in [0.25, 0.3) is 22.4 Å². The third-order valence-corrected chi connectivity index (χ3v) is 4.50. The molecule has 0 radical (unpaired) electrons. The van der Waals surface area contributed by atoms with Gasteiger partial charge < -0.3 is 9.73 Å². The number of hydrogen-bond donors (Lipinski definition) is 1. The summed E-state index contributed by atoms with van der Waals surface area (Å²) < 4.78 is 14.0. The quantitative estimate of drug-likeness (QED) is 0.573. The number of aromatic nitrogens is 2. The van der Waals surface area contributed by atoms with Gasteiger partial charge in [-0.2, -0.15) is 8.75 Å². The Bertz CT molecular complexity index is 1060. The van der Waals surface area contributed by atoms with Crippen LogP contribution >= 0.6 is 23.3 Å². The zero-order chi connectivity index (χ0) is 17.2. The van der Waals surface area contributed by atoms with Crippen LogP contribution in [0, 0.1) is 0 Å². The minimum Gasteiger partial charge on any atom is -0.451 e. The first-order chi connectivity index (χ1) is 12.2. The van der Waals surface area contributed by atoms with E-state index in [1.807, 2.05) is 30.3 Å². The van der Waals surface area contributed by atoms with Crippen molar-refractivity contribution in [2.24, 2.45) is 0 Å². The van der Waals surface area contributed by atoms with Gasteiger partial charge in [0.05, 0.1) is 11.7 Å². The summed E-state index contributed by atoms with van der Waals surface area (Å²) in [7, 11) is 0. The summed E-state index contributed by atoms with van der Waals surface area (Å²) in [5.74, 6) is 0.582. The average molecular weight is 370 g/mol. The van der Waals surface area contributed by atoms with E-state index in [4.69, 9.17) is 16.0 Å². The molecule has 0 fully saturated rings. The standard InChI is InChI=1S/C18H12ClN3O2S/c19-13-3-1-2-12(9-13)16-6-7-17(24-16)18(23)20-10-11-4-5-14-15(8-11)22-25-21-14/h1-9H,10H2,(H,20,23). The number of amides is 1. The molecule has 0 unspecified atom stereocenters. The van der Waals surface area contributed by atoms with Gasteiger partial charge >= 0.3 is 0 Å². The van der Waals surface area contributed by atoms with Gasteiger partial charge in [0.2, 0.25) is 0 Å². The highest BCUT2D eigenvalue weighted by atomic mass is 35.5. The summed E-state index contributed by atoms with van der Waals surface area (Å²) >= 11 is 7.16. The number of carbonyl (C=O) groups is 1. The molecule has 0 saturated carbocycles. The fourth-order valence-electron chi connectivity index (χ4n) is 2.46. The fourth-order valence-corrected chi connectivity index (χ4v) is 3.17. The predicted octanol–water partition coefficient (Wildman–Crippen LogP) is 4.53. The number of halogens is 1. The third kappa shape index (κ3) is 3.40. The molecular weight excluding hydrogens is 358 g/mol. The van der Waals surface area contributed by atoms with Crippen molar-refractivity contribution in [1.82, 2.24) is 14.1 Å². The zero-order valence-corrected chi connectivity index (χ0v) is 14.5. The summed E-state index contributed by atoms with van der Waals surface area (Å²) in [6.45, 7) is 0.388. The van der Waals surface area contributed by atoms with Gasteiger partial charge in [-0.25, -0.2) is 0 Å². The van der Waals surface area contributed by atoms with Crippen LogP contribution in [0.5, 0.6) is 0 Å². The minimum absolute atomic E-state index is 0.256. The van der Waals surface area contributed by atoms with Gasteiger partial charge in [-0.3, -0.25) is 4.79 Å². The maximum atomic E-state index is 12.3. The summed E-state index contributed by atoms with van der Waals surface area (Å²) in [5, 5.41) is 3.46. The lowest BCUT2D eigenvalue weighted by Crippen LogP contribution is -2.22. The molecule has 2 heterocycles. The first-order valence-electron chi connectivity index (χ1n) is 7.54. The second kappa shape index (κ2) is 6.66. The van der Waals surface area contributed by atoms with E-state index in [0.717, 1.165) is 22.2 Å². The highest BCUT2D eigenvalue weighted by molar-refractivity contribution is 7.00. The maximum absolute atomic E-state index is 12.3. The molecule has 4 rings (SSSR count). The molecule has 1 amide bonds. The Hall–Kier alpha value is -2.70. The predicted molar refractivity (Wildman–Crippen MR) is 97.7 cm³/mol. The molecule has 0 aliphatic rings. The van der Waals surface area contributed by atoms with Crippen molar-refractivity contribution >= 4 is 40.3 Å². The van der Waals surface area contributed by atoms with E-state index in [1.54, 1.807) is 24.3 Å². The Morgan fingerprint density at radius 1 is 1.08 bits per heavy atom.